The zero-order valence-electron chi connectivity index (χ0n) is 11.3. The van der Waals surface area contributed by atoms with Gasteiger partial charge in [0.25, 0.3) is 0 Å². The van der Waals surface area contributed by atoms with Crippen LogP contribution in [0.25, 0.3) is 0 Å². The second-order valence-corrected chi connectivity index (χ2v) is 5.24. The number of ether oxygens (including phenoxy) is 1. The van der Waals surface area contributed by atoms with Crippen LogP contribution in [0.1, 0.15) is 29.3 Å². The lowest BCUT2D eigenvalue weighted by molar-refractivity contribution is 0.0983. The van der Waals surface area contributed by atoms with E-state index in [1.54, 1.807) is 31.2 Å². The molecule has 0 bridgehead atoms. The van der Waals surface area contributed by atoms with Crippen molar-refractivity contribution in [1.29, 1.82) is 0 Å². The Morgan fingerprint density at radius 3 is 2.62 bits per heavy atom. The number of carbonyl (C=O) groups is 1. The van der Waals surface area contributed by atoms with E-state index in [-0.39, 0.29) is 22.4 Å². The van der Waals surface area contributed by atoms with E-state index in [0.29, 0.717) is 17.7 Å². The Balaban J connectivity index is 2.25. The summed E-state index contributed by atoms with van der Waals surface area (Å²) in [5.74, 6) is -1.15. The fourth-order valence-electron chi connectivity index (χ4n) is 1.86. The van der Waals surface area contributed by atoms with Crippen molar-refractivity contribution < 1.29 is 18.3 Å². The highest BCUT2D eigenvalue weighted by Crippen LogP contribution is 2.25. The van der Waals surface area contributed by atoms with Crippen LogP contribution in [0.2, 0.25) is 0 Å². The van der Waals surface area contributed by atoms with Gasteiger partial charge >= 0.3 is 0 Å². The van der Waals surface area contributed by atoms with Crippen LogP contribution in [0, 0.1) is 11.6 Å². The second kappa shape index (κ2) is 6.80. The van der Waals surface area contributed by atoms with Gasteiger partial charge in [0.15, 0.2) is 5.78 Å². The molecule has 2 aromatic rings. The van der Waals surface area contributed by atoms with Gasteiger partial charge in [-0.25, -0.2) is 8.78 Å². The number of benzene rings is 2. The largest absolute Gasteiger partial charge is 0.488 e. The maximum Gasteiger partial charge on any atom is 0.166 e. The summed E-state index contributed by atoms with van der Waals surface area (Å²) in [6.45, 7) is 1.46. The molecule has 0 fully saturated rings. The Hall–Kier alpha value is -1.75. The molecule has 110 valence electrons. The van der Waals surface area contributed by atoms with Gasteiger partial charge in [-0.3, -0.25) is 4.79 Å². The molecule has 2 aromatic carbocycles. The van der Waals surface area contributed by atoms with Crippen molar-refractivity contribution in [3.63, 3.8) is 0 Å². The van der Waals surface area contributed by atoms with Crippen LogP contribution in [0.3, 0.4) is 0 Å². The molecule has 0 heterocycles. The number of carbonyl (C=O) groups excluding carboxylic acids is 1. The first kappa shape index (κ1) is 15.6. The minimum Gasteiger partial charge on any atom is -0.488 e. The predicted molar refractivity (Wildman–Crippen MR) is 79.5 cm³/mol. The summed E-state index contributed by atoms with van der Waals surface area (Å²) in [4.78, 5) is 11.8. The molecule has 21 heavy (non-hydrogen) atoms. The third-order valence-electron chi connectivity index (χ3n) is 3.02. The molecule has 0 amide bonds. The van der Waals surface area contributed by atoms with Gasteiger partial charge in [-0.15, -0.1) is 0 Å². The molecule has 0 N–H and O–H groups in total. The van der Waals surface area contributed by atoms with Crippen molar-refractivity contribution in [2.24, 2.45) is 0 Å². The molecule has 0 aliphatic carbocycles. The van der Waals surface area contributed by atoms with E-state index in [2.05, 4.69) is 15.9 Å². The van der Waals surface area contributed by atoms with Gasteiger partial charge in [-0.2, -0.15) is 0 Å². The Bertz CT molecular complexity index is 671. The lowest BCUT2D eigenvalue weighted by Crippen LogP contribution is -2.06. The van der Waals surface area contributed by atoms with Crippen LogP contribution in [-0.2, 0) is 6.61 Å². The summed E-state index contributed by atoms with van der Waals surface area (Å²) in [6, 6.07) is 9.12. The number of ketones is 1. The molecule has 0 aromatic heterocycles. The standard InChI is InChI=1S/C16H13BrF2O2/c1-2-14(20)10-5-3-4-6-15(10)21-9-11-13(18)8-7-12(17)16(11)19/h3-8H,2,9H2,1H3. The first-order chi connectivity index (χ1) is 10.0. The number of hydrogen-bond acceptors (Lipinski definition) is 2. The molecule has 0 radical (unpaired) electrons. The Labute approximate surface area is 129 Å². The Morgan fingerprint density at radius 1 is 1.19 bits per heavy atom. The van der Waals surface area contributed by atoms with Gasteiger partial charge in [0, 0.05) is 6.42 Å². The molecule has 0 saturated heterocycles. The van der Waals surface area contributed by atoms with Gasteiger partial charge < -0.3 is 4.74 Å². The highest BCUT2D eigenvalue weighted by molar-refractivity contribution is 9.10. The van der Waals surface area contributed by atoms with Crippen molar-refractivity contribution in [1.82, 2.24) is 0 Å². The Morgan fingerprint density at radius 2 is 1.90 bits per heavy atom. The van der Waals surface area contributed by atoms with Crippen LogP contribution in [0.15, 0.2) is 40.9 Å². The number of Topliss-reactive ketones (excluding diaryl/α,β-unsaturated/α-hetero) is 1. The minimum atomic E-state index is -0.700. The highest BCUT2D eigenvalue weighted by atomic mass is 79.9. The number of rotatable bonds is 5. The smallest absolute Gasteiger partial charge is 0.166 e. The van der Waals surface area contributed by atoms with Crippen LogP contribution in [0.5, 0.6) is 5.75 Å². The van der Waals surface area contributed by atoms with E-state index in [4.69, 9.17) is 4.74 Å². The molecule has 2 nitrogen and oxygen atoms in total. The quantitative estimate of drug-likeness (QED) is 0.563. The van der Waals surface area contributed by atoms with Crippen molar-refractivity contribution in [2.75, 3.05) is 0 Å². The van der Waals surface area contributed by atoms with Gasteiger partial charge in [0.05, 0.1) is 15.6 Å². The SMILES string of the molecule is CCC(=O)c1ccccc1OCc1c(F)ccc(Br)c1F. The van der Waals surface area contributed by atoms with Gasteiger partial charge in [0.1, 0.15) is 24.0 Å². The van der Waals surface area contributed by atoms with Crippen LogP contribution < -0.4 is 4.74 Å². The molecule has 2 rings (SSSR count). The molecule has 0 aliphatic heterocycles. The van der Waals surface area contributed by atoms with Crippen molar-refractivity contribution >= 4 is 21.7 Å². The number of para-hydroxylation sites is 1. The molecule has 0 spiro atoms. The normalized spacial score (nSPS) is 10.5. The topological polar surface area (TPSA) is 26.3 Å². The molecule has 0 unspecified atom stereocenters. The molecule has 5 heteroatoms. The molecule has 0 atom stereocenters. The van der Waals surface area contributed by atoms with Gasteiger partial charge in [-0.05, 0) is 40.2 Å². The lowest BCUT2D eigenvalue weighted by atomic mass is 10.1. The summed E-state index contributed by atoms with van der Waals surface area (Å²) < 4.78 is 33.1. The zero-order chi connectivity index (χ0) is 15.4. The van der Waals surface area contributed by atoms with Crippen LogP contribution >= 0.6 is 15.9 Å². The fraction of sp³-hybridized carbons (Fsp3) is 0.188. The maximum absolute atomic E-state index is 13.9. The molecule has 0 saturated carbocycles. The average molecular weight is 355 g/mol. The third kappa shape index (κ3) is 3.47. The Kier molecular flexibility index (Phi) is 5.07. The molecule has 0 aliphatic rings. The summed E-state index contributed by atoms with van der Waals surface area (Å²) in [5.41, 5.74) is 0.235. The summed E-state index contributed by atoms with van der Waals surface area (Å²) in [5, 5.41) is 0. The van der Waals surface area contributed by atoms with E-state index in [1.807, 2.05) is 0 Å². The second-order valence-electron chi connectivity index (χ2n) is 4.38. The van der Waals surface area contributed by atoms with E-state index in [0.717, 1.165) is 6.07 Å². The zero-order valence-corrected chi connectivity index (χ0v) is 12.9. The van der Waals surface area contributed by atoms with E-state index >= 15 is 0 Å². The summed E-state index contributed by atoms with van der Waals surface area (Å²) >= 11 is 3.00. The van der Waals surface area contributed by atoms with Gasteiger partial charge in [0.2, 0.25) is 0 Å². The van der Waals surface area contributed by atoms with Gasteiger partial charge in [-0.1, -0.05) is 19.1 Å². The van der Waals surface area contributed by atoms with Crippen molar-refractivity contribution in [2.45, 2.75) is 20.0 Å². The van der Waals surface area contributed by atoms with E-state index in [9.17, 15) is 13.6 Å². The third-order valence-corrected chi connectivity index (χ3v) is 3.63. The summed E-state index contributed by atoms with van der Waals surface area (Å²) in [7, 11) is 0. The van der Waals surface area contributed by atoms with Crippen LogP contribution in [0.4, 0.5) is 8.78 Å². The molecular weight excluding hydrogens is 342 g/mol. The lowest BCUT2D eigenvalue weighted by Gasteiger charge is -2.12. The van der Waals surface area contributed by atoms with Crippen molar-refractivity contribution in [3.8, 4) is 5.75 Å². The highest BCUT2D eigenvalue weighted by Gasteiger charge is 2.15. The first-order valence-electron chi connectivity index (χ1n) is 6.42. The van der Waals surface area contributed by atoms with E-state index in [1.165, 1.54) is 6.07 Å². The number of halogens is 3. The van der Waals surface area contributed by atoms with Crippen LogP contribution in [-0.4, -0.2) is 5.78 Å². The maximum atomic E-state index is 13.9. The minimum absolute atomic E-state index is 0.0826. The first-order valence-corrected chi connectivity index (χ1v) is 7.21. The monoisotopic (exact) mass is 354 g/mol. The predicted octanol–water partition coefficient (Wildman–Crippen LogP) is 4.90. The molecular formula is C16H13BrF2O2. The number of hydrogen-bond donors (Lipinski definition) is 0. The summed E-state index contributed by atoms with van der Waals surface area (Å²) in [6.07, 6.45) is 0.333. The van der Waals surface area contributed by atoms with E-state index < -0.39 is 11.6 Å². The fourth-order valence-corrected chi connectivity index (χ4v) is 2.24. The van der Waals surface area contributed by atoms with Crippen molar-refractivity contribution in [3.05, 3.63) is 63.6 Å². The average Bonchev–Trinajstić information content (AvgIpc) is 2.50.